The van der Waals surface area contributed by atoms with Crippen LogP contribution in [-0.2, 0) is 47.9 Å². The number of nitrogen functional groups attached to an aromatic ring is 2. The second-order valence-electron chi connectivity index (χ2n) is 11.1. The van der Waals surface area contributed by atoms with Crippen molar-refractivity contribution in [3.8, 4) is 0 Å². The molecule has 26 nitrogen and oxygen atoms in total. The van der Waals surface area contributed by atoms with Crippen molar-refractivity contribution in [2.24, 2.45) is 0 Å². The Hall–Kier alpha value is -4.17. The molecular weight excluding hydrogens is 722 g/mol. The van der Waals surface area contributed by atoms with Crippen molar-refractivity contribution >= 4 is 55.8 Å². The van der Waals surface area contributed by atoms with Crippen LogP contribution in [0.2, 0.25) is 0 Å². The minimum absolute atomic E-state index is 0.152. The van der Waals surface area contributed by atoms with E-state index in [2.05, 4.69) is 29.9 Å². The van der Waals surface area contributed by atoms with Gasteiger partial charge in [-0.15, -0.1) is 0 Å². The van der Waals surface area contributed by atoms with E-state index in [1.54, 1.807) is 0 Å². The number of aliphatic hydroxyl groups is 2. The lowest BCUT2D eigenvalue weighted by atomic mass is 10.1. The molecule has 3 saturated heterocycles. The lowest BCUT2D eigenvalue weighted by Gasteiger charge is -2.27. The number of aliphatic carboxylic acids is 1. The molecule has 10 atom stereocenters. The molecule has 7 rings (SSSR count). The number of carbonyl (C=O) groups is 1. The number of aromatic nitrogens is 8. The Morgan fingerprint density at radius 1 is 0.860 bits per heavy atom. The van der Waals surface area contributed by atoms with Crippen LogP contribution in [0.5, 0.6) is 0 Å². The average Bonchev–Trinajstić information content (AvgIpc) is 3.74. The summed E-state index contributed by atoms with van der Waals surface area (Å²) < 4.78 is 60.6. The van der Waals surface area contributed by atoms with Crippen molar-refractivity contribution < 1.29 is 66.6 Å². The van der Waals surface area contributed by atoms with Gasteiger partial charge in [0.1, 0.15) is 48.9 Å². The van der Waals surface area contributed by atoms with Gasteiger partial charge in [0.05, 0.1) is 19.5 Å². The highest BCUT2D eigenvalue weighted by Crippen LogP contribution is 2.53. The molecule has 0 saturated carbocycles. The summed E-state index contributed by atoms with van der Waals surface area (Å²) in [5.74, 6) is -2.49. The van der Waals surface area contributed by atoms with E-state index in [9.17, 15) is 48.6 Å². The molecule has 0 aromatic carbocycles. The van der Waals surface area contributed by atoms with E-state index in [0.29, 0.717) is 0 Å². The van der Waals surface area contributed by atoms with Gasteiger partial charge < -0.3 is 46.0 Å². The Kier molecular flexibility index (Phi) is 8.40. The molecule has 270 valence electrons. The molecule has 0 amide bonds. The fourth-order valence-corrected chi connectivity index (χ4v) is 7.75. The van der Waals surface area contributed by atoms with Gasteiger partial charge in [0.15, 0.2) is 34.8 Å². The van der Waals surface area contributed by atoms with E-state index in [4.69, 9.17) is 39.0 Å². The van der Waals surface area contributed by atoms with Gasteiger partial charge in [-0.1, -0.05) is 0 Å². The molecular formula is C22H26N10O16P2. The molecule has 0 spiro atoms. The predicted octanol–water partition coefficient (Wildman–Crippen LogP) is -3.42. The summed E-state index contributed by atoms with van der Waals surface area (Å²) in [5, 5.41) is 31.9. The lowest BCUT2D eigenvalue weighted by molar-refractivity contribution is -0.136. The molecule has 28 heteroatoms. The van der Waals surface area contributed by atoms with Crippen molar-refractivity contribution in [3.63, 3.8) is 0 Å². The molecule has 4 aromatic rings. The van der Waals surface area contributed by atoms with E-state index >= 15 is 0 Å². The van der Waals surface area contributed by atoms with Crippen LogP contribution in [-0.4, -0.2) is 120 Å². The van der Waals surface area contributed by atoms with Gasteiger partial charge in [-0.3, -0.25) is 51.6 Å². The maximum Gasteiger partial charge on any atom is 0.472 e. The number of nitrogens with zero attached hydrogens (tertiary/aromatic N) is 6. The first kappa shape index (κ1) is 34.3. The number of imidazole rings is 2. The zero-order valence-corrected chi connectivity index (χ0v) is 26.6. The van der Waals surface area contributed by atoms with Gasteiger partial charge in [-0.05, 0) is 0 Å². The predicted molar refractivity (Wildman–Crippen MR) is 158 cm³/mol. The summed E-state index contributed by atoms with van der Waals surface area (Å²) in [4.78, 5) is 78.0. The van der Waals surface area contributed by atoms with Crippen LogP contribution < -0.4 is 22.6 Å². The van der Waals surface area contributed by atoms with Gasteiger partial charge in [0.2, 0.25) is 11.9 Å². The first-order valence-corrected chi connectivity index (χ1v) is 17.2. The topological polar surface area (TPSA) is 387 Å². The number of carboxylic acid groups (broad SMARTS) is 1. The molecule has 0 bridgehead atoms. The third-order valence-corrected chi connectivity index (χ3v) is 9.83. The van der Waals surface area contributed by atoms with Crippen LogP contribution in [0.1, 0.15) is 18.3 Å². The maximum absolute atomic E-state index is 13.2. The standard InChI is InChI=1S/C22H26N10O16P2/c23-21-27-15-9(17(37)29-21)25-4-31(15)19-11(35)13-5(45-19)2-43-50(41,42)48-14-6(3-44-49(39,40)47-13)46-20(12(14)36)32-7(1-8(33)34)26-10-16(32)28-22(24)30-18(10)38/h4-6,11-14,19-20,35-36H,1-3H2,(H,33,34)(H,39,40)(H,41,42)(H3,23,27,29,37)(H3,24,28,30,38)/t5-,6+,11?,12-,13-,14?,19+,20+/m0/s1. The van der Waals surface area contributed by atoms with Gasteiger partial charge >= 0.3 is 21.6 Å². The number of H-pyrrole nitrogens is 2. The number of aliphatic hydroxyl groups excluding tert-OH is 2. The fourth-order valence-electron chi connectivity index (χ4n) is 5.82. The Morgan fingerprint density at radius 2 is 1.38 bits per heavy atom. The third-order valence-electron chi connectivity index (χ3n) is 7.86. The van der Waals surface area contributed by atoms with Gasteiger partial charge in [0.25, 0.3) is 11.1 Å². The molecule has 3 aliphatic rings. The normalized spacial score (nSPS) is 35.0. The number of hydrogen-bond donors (Lipinski definition) is 9. The zero-order chi connectivity index (χ0) is 35.9. The maximum atomic E-state index is 13.2. The number of carboxylic acids is 1. The summed E-state index contributed by atoms with van der Waals surface area (Å²) in [5.41, 5.74) is 8.62. The van der Waals surface area contributed by atoms with Crippen molar-refractivity contribution in [2.45, 2.75) is 55.5 Å². The molecule has 50 heavy (non-hydrogen) atoms. The highest BCUT2D eigenvalue weighted by molar-refractivity contribution is 7.47. The molecule has 3 fully saturated rings. The molecule has 0 aliphatic carbocycles. The largest absolute Gasteiger partial charge is 0.481 e. The van der Waals surface area contributed by atoms with Crippen molar-refractivity contribution in [2.75, 3.05) is 24.7 Å². The smallest absolute Gasteiger partial charge is 0.472 e. The molecule has 3 aliphatic heterocycles. The Morgan fingerprint density at radius 3 is 1.96 bits per heavy atom. The number of phosphoric acid groups is 2. The molecule has 4 aromatic heterocycles. The number of rotatable bonds is 4. The summed E-state index contributed by atoms with van der Waals surface area (Å²) in [6, 6.07) is 0. The van der Waals surface area contributed by atoms with Crippen LogP contribution in [0, 0.1) is 0 Å². The summed E-state index contributed by atoms with van der Waals surface area (Å²) in [6.45, 7) is -1.92. The zero-order valence-electron chi connectivity index (χ0n) is 24.8. The number of nitrogens with one attached hydrogen (secondary N) is 2. The van der Waals surface area contributed by atoms with E-state index in [1.165, 1.54) is 0 Å². The molecule has 7 heterocycles. The van der Waals surface area contributed by atoms with Crippen LogP contribution >= 0.6 is 15.6 Å². The van der Waals surface area contributed by atoms with E-state index in [0.717, 1.165) is 15.5 Å². The Labute approximate surface area is 274 Å². The second-order valence-corrected chi connectivity index (χ2v) is 14.0. The van der Waals surface area contributed by atoms with E-state index in [1.807, 2.05) is 0 Å². The molecule has 11 N–H and O–H groups in total. The minimum Gasteiger partial charge on any atom is -0.481 e. The van der Waals surface area contributed by atoms with Crippen molar-refractivity contribution in [1.29, 1.82) is 0 Å². The number of anilines is 2. The first-order valence-electron chi connectivity index (χ1n) is 14.2. The summed E-state index contributed by atoms with van der Waals surface area (Å²) in [6.07, 6.45) is -13.8. The van der Waals surface area contributed by atoms with Gasteiger partial charge in [0, 0.05) is 0 Å². The lowest BCUT2D eigenvalue weighted by Crippen LogP contribution is -2.39. The molecule has 0 radical (unpaired) electrons. The summed E-state index contributed by atoms with van der Waals surface area (Å²) >= 11 is 0. The number of phosphoric ester groups is 2. The fraction of sp³-hybridized carbons (Fsp3) is 0.500. The van der Waals surface area contributed by atoms with Crippen LogP contribution in [0.4, 0.5) is 11.9 Å². The average molecular weight is 748 g/mol. The molecule has 4 unspecified atom stereocenters. The van der Waals surface area contributed by atoms with Gasteiger partial charge in [-0.25, -0.2) is 19.1 Å². The number of fused-ring (bicyclic) bond motifs is 4. The third kappa shape index (κ3) is 6.10. The minimum atomic E-state index is -5.23. The first-order chi connectivity index (χ1) is 23.5. The number of nitrogens with two attached hydrogens (primary N) is 2. The van der Waals surface area contributed by atoms with E-state index < -0.39 is 113 Å². The number of ether oxygens (including phenoxy) is 2. The monoisotopic (exact) mass is 748 g/mol. The van der Waals surface area contributed by atoms with Crippen LogP contribution in [0.3, 0.4) is 0 Å². The van der Waals surface area contributed by atoms with E-state index in [-0.39, 0.29) is 28.6 Å². The van der Waals surface area contributed by atoms with Gasteiger partial charge in [-0.2, -0.15) is 9.97 Å². The number of hydrogen-bond acceptors (Lipinski definition) is 19. The number of aromatic amines is 2. The Balaban J connectivity index is 1.20. The second kappa shape index (κ2) is 12.3. The van der Waals surface area contributed by atoms with Crippen molar-refractivity contribution in [3.05, 3.63) is 32.9 Å². The van der Waals surface area contributed by atoms with Crippen LogP contribution in [0.25, 0.3) is 22.3 Å². The SMILES string of the molecule is Nc1nc2c(ncn2[C@@H]2O[C@H]3COP(=O)(O)OC4[C@@H](COP(=O)(O)O[C@@H]3C2O)O[C@@H](n2c(CC(=O)O)nc3c(=O)[nH]c(N)nc32)[C@H]4O)c(=O)[nH]1. The Bertz CT molecular complexity index is 2220. The summed E-state index contributed by atoms with van der Waals surface area (Å²) in [7, 11) is -10.4. The van der Waals surface area contributed by atoms with Crippen molar-refractivity contribution in [1.82, 2.24) is 39.0 Å². The quantitative estimate of drug-likeness (QED) is 0.0917. The highest BCUT2D eigenvalue weighted by Gasteiger charge is 2.54. The highest BCUT2D eigenvalue weighted by atomic mass is 31.2. The van der Waals surface area contributed by atoms with Crippen LogP contribution in [0.15, 0.2) is 15.9 Å².